The van der Waals surface area contributed by atoms with Gasteiger partial charge in [-0.25, -0.2) is 19.0 Å². The van der Waals surface area contributed by atoms with Crippen LogP contribution in [0.25, 0.3) is 5.69 Å². The highest BCUT2D eigenvalue weighted by molar-refractivity contribution is 6.35. The number of benzene rings is 2. The fourth-order valence-electron chi connectivity index (χ4n) is 6.09. The van der Waals surface area contributed by atoms with Crippen LogP contribution in [-0.4, -0.2) is 79.8 Å². The van der Waals surface area contributed by atoms with Crippen molar-refractivity contribution in [3.05, 3.63) is 106 Å². The Kier molecular flexibility index (Phi) is 9.59. The molecule has 5 heterocycles. The van der Waals surface area contributed by atoms with E-state index >= 15 is 0 Å². The van der Waals surface area contributed by atoms with E-state index in [9.17, 15) is 4.79 Å². The van der Waals surface area contributed by atoms with Crippen molar-refractivity contribution in [2.45, 2.75) is 44.7 Å². The number of hydrogen-bond acceptors (Lipinski definition) is 10. The zero-order valence-electron chi connectivity index (χ0n) is 27.2. The summed E-state index contributed by atoms with van der Waals surface area (Å²) in [7, 11) is 0. The van der Waals surface area contributed by atoms with Crippen LogP contribution in [0, 0.1) is 0 Å². The van der Waals surface area contributed by atoms with Gasteiger partial charge in [0.15, 0.2) is 0 Å². The van der Waals surface area contributed by atoms with E-state index in [0.29, 0.717) is 28.0 Å². The molecule has 13 nitrogen and oxygen atoms in total. The van der Waals surface area contributed by atoms with Gasteiger partial charge in [0.2, 0.25) is 5.79 Å². The summed E-state index contributed by atoms with van der Waals surface area (Å²) in [5.74, 6) is 0.330. The Morgan fingerprint density at radius 1 is 0.959 bits per heavy atom. The molecule has 2 aromatic carbocycles. The first-order valence-corrected chi connectivity index (χ1v) is 17.0. The smallest absolute Gasteiger partial charge is 0.350 e. The predicted octanol–water partition coefficient (Wildman–Crippen LogP) is 4.97. The van der Waals surface area contributed by atoms with Crippen LogP contribution in [0.2, 0.25) is 10.0 Å². The van der Waals surface area contributed by atoms with Crippen LogP contribution in [0.3, 0.4) is 0 Å². The summed E-state index contributed by atoms with van der Waals surface area (Å²) in [4.78, 5) is 23.6. The third-order valence-corrected chi connectivity index (χ3v) is 9.52. The standard InChI is InChI=1S/C34H37Cl2N9O4/c1-3-24(2)45-33(46)43(23-40-45)27-7-5-26(6-8-27)41-14-16-42(17-15-41)32-11-9-28(19-37-32)47-20-29-21-48-34(49-29,22-44-38-12-13-39-44)30-10-4-25(35)18-31(30)36/h4-13,18-19,23-24,29H,3,14-17,20-22H2,1-2H3/t24?,29-,34-/m1/s1. The number of hydrogen-bond donors (Lipinski definition) is 0. The highest BCUT2D eigenvalue weighted by Gasteiger charge is 2.46. The molecule has 0 radical (unpaired) electrons. The lowest BCUT2D eigenvalue weighted by atomic mass is 10.1. The quantitative estimate of drug-likeness (QED) is 0.186. The lowest BCUT2D eigenvalue weighted by Gasteiger charge is -2.36. The number of aromatic nitrogens is 7. The van der Waals surface area contributed by atoms with Crippen molar-refractivity contribution >= 4 is 34.7 Å². The molecule has 3 aromatic heterocycles. The van der Waals surface area contributed by atoms with E-state index in [-0.39, 0.29) is 31.0 Å². The first-order chi connectivity index (χ1) is 23.8. The van der Waals surface area contributed by atoms with Crippen LogP contribution in [0.5, 0.6) is 5.75 Å². The fraction of sp³-hybridized carbons (Fsp3) is 0.382. The highest BCUT2D eigenvalue weighted by Crippen LogP contribution is 2.40. The highest BCUT2D eigenvalue weighted by atomic mass is 35.5. The average Bonchev–Trinajstić information content (AvgIpc) is 3.88. The van der Waals surface area contributed by atoms with Gasteiger partial charge < -0.3 is 24.0 Å². The lowest BCUT2D eigenvalue weighted by molar-refractivity contribution is -0.192. The van der Waals surface area contributed by atoms with Gasteiger partial charge in [-0.2, -0.15) is 20.1 Å². The first-order valence-electron chi connectivity index (χ1n) is 16.3. The maximum atomic E-state index is 12.8. The number of piperazine rings is 1. The van der Waals surface area contributed by atoms with Crippen molar-refractivity contribution in [2.75, 3.05) is 49.2 Å². The second kappa shape index (κ2) is 14.2. The molecule has 0 aliphatic carbocycles. The fourth-order valence-corrected chi connectivity index (χ4v) is 6.64. The van der Waals surface area contributed by atoms with E-state index in [1.165, 1.54) is 9.48 Å². The molecule has 15 heteroatoms. The van der Waals surface area contributed by atoms with Gasteiger partial charge in [0, 0.05) is 42.5 Å². The predicted molar refractivity (Wildman–Crippen MR) is 186 cm³/mol. The van der Waals surface area contributed by atoms with Crippen LogP contribution < -0.4 is 20.2 Å². The minimum atomic E-state index is -1.20. The summed E-state index contributed by atoms with van der Waals surface area (Å²) in [5.41, 5.74) is 2.44. The number of halogens is 2. The molecule has 0 spiro atoms. The average molecular weight is 707 g/mol. The molecule has 2 aliphatic rings. The number of ether oxygens (including phenoxy) is 3. The first kappa shape index (κ1) is 33.1. The normalized spacial score (nSPS) is 20.1. The van der Waals surface area contributed by atoms with Gasteiger partial charge >= 0.3 is 5.69 Å². The van der Waals surface area contributed by atoms with Crippen molar-refractivity contribution in [1.29, 1.82) is 0 Å². The molecule has 0 saturated carbocycles. The van der Waals surface area contributed by atoms with Gasteiger partial charge in [-0.15, -0.1) is 0 Å². The molecule has 1 unspecified atom stereocenters. The maximum Gasteiger partial charge on any atom is 0.350 e. The van der Waals surface area contributed by atoms with E-state index in [4.69, 9.17) is 37.4 Å². The molecule has 2 fully saturated rings. The Labute approximate surface area is 293 Å². The summed E-state index contributed by atoms with van der Waals surface area (Å²) in [6, 6.07) is 17.2. The summed E-state index contributed by atoms with van der Waals surface area (Å²) < 4.78 is 21.9. The largest absolute Gasteiger partial charge is 0.489 e. The van der Waals surface area contributed by atoms with Crippen molar-refractivity contribution < 1.29 is 14.2 Å². The Bertz CT molecular complexity index is 1910. The topological polar surface area (TPSA) is 118 Å². The van der Waals surface area contributed by atoms with E-state index < -0.39 is 5.79 Å². The summed E-state index contributed by atoms with van der Waals surface area (Å²) in [5, 5.41) is 13.7. The molecule has 3 atom stereocenters. The minimum Gasteiger partial charge on any atom is -0.489 e. The van der Waals surface area contributed by atoms with Crippen molar-refractivity contribution in [3.63, 3.8) is 0 Å². The molecule has 256 valence electrons. The Hall–Kier alpha value is -4.43. The van der Waals surface area contributed by atoms with Crippen molar-refractivity contribution in [3.8, 4) is 11.4 Å². The van der Waals surface area contributed by atoms with Crippen LogP contribution in [0.15, 0.2) is 84.3 Å². The van der Waals surface area contributed by atoms with Gasteiger partial charge in [-0.05, 0) is 61.9 Å². The van der Waals surface area contributed by atoms with Gasteiger partial charge in [0.25, 0.3) is 0 Å². The molecule has 5 aromatic rings. The summed E-state index contributed by atoms with van der Waals surface area (Å²) in [6.07, 6.45) is 7.00. The molecule has 7 rings (SSSR count). The SMILES string of the molecule is CCC(C)n1ncn(-c2ccc(N3CCN(c4ccc(OC[C@@H]5CO[C@@](Cn6nccn6)(c6ccc(Cl)cc6Cl)O5)cn4)CC3)cc2)c1=O. The van der Waals surface area contributed by atoms with Gasteiger partial charge in [-0.1, -0.05) is 36.2 Å². The Morgan fingerprint density at radius 3 is 2.39 bits per heavy atom. The molecule has 0 bridgehead atoms. The van der Waals surface area contributed by atoms with Crippen LogP contribution in [0.4, 0.5) is 11.5 Å². The van der Waals surface area contributed by atoms with E-state index in [1.54, 1.807) is 47.7 Å². The number of nitrogens with zero attached hydrogens (tertiary/aromatic N) is 9. The third kappa shape index (κ3) is 7.02. The van der Waals surface area contributed by atoms with E-state index in [2.05, 4.69) is 42.2 Å². The van der Waals surface area contributed by atoms with Crippen LogP contribution in [0.1, 0.15) is 31.9 Å². The van der Waals surface area contributed by atoms with Gasteiger partial charge in [0.05, 0.1) is 41.9 Å². The number of anilines is 2. The summed E-state index contributed by atoms with van der Waals surface area (Å²) >= 11 is 12.7. The zero-order chi connectivity index (χ0) is 34.0. The molecule has 49 heavy (non-hydrogen) atoms. The van der Waals surface area contributed by atoms with E-state index in [1.807, 2.05) is 38.1 Å². The molecule has 0 amide bonds. The summed E-state index contributed by atoms with van der Waals surface area (Å²) in [6.45, 7) is 8.13. The molecule has 0 N–H and O–H groups in total. The number of rotatable bonds is 11. The van der Waals surface area contributed by atoms with Crippen molar-refractivity contribution in [1.82, 2.24) is 34.3 Å². The Balaban J connectivity index is 0.925. The second-order valence-electron chi connectivity index (χ2n) is 12.1. The van der Waals surface area contributed by atoms with Crippen LogP contribution >= 0.6 is 23.2 Å². The third-order valence-electron chi connectivity index (χ3n) is 8.97. The lowest BCUT2D eigenvalue weighted by Crippen LogP contribution is -2.46. The minimum absolute atomic E-state index is 0.0592. The van der Waals surface area contributed by atoms with Gasteiger partial charge in [-0.3, -0.25) is 0 Å². The van der Waals surface area contributed by atoms with Gasteiger partial charge in [0.1, 0.15) is 37.2 Å². The van der Waals surface area contributed by atoms with Crippen molar-refractivity contribution in [2.24, 2.45) is 0 Å². The molecule has 2 saturated heterocycles. The molecular weight excluding hydrogens is 669 g/mol. The molecule has 2 aliphatic heterocycles. The molecular formula is C34H37Cl2N9O4. The number of pyridine rings is 1. The second-order valence-corrected chi connectivity index (χ2v) is 13.0. The maximum absolute atomic E-state index is 12.8. The Morgan fingerprint density at radius 2 is 1.69 bits per heavy atom. The monoisotopic (exact) mass is 705 g/mol. The van der Waals surface area contributed by atoms with Crippen LogP contribution in [-0.2, 0) is 21.8 Å². The van der Waals surface area contributed by atoms with E-state index in [0.717, 1.165) is 49.8 Å². The zero-order valence-corrected chi connectivity index (χ0v) is 28.7.